The van der Waals surface area contributed by atoms with E-state index in [0.29, 0.717) is 28.1 Å². The molecule has 2 N–H and O–H groups in total. The average Bonchev–Trinajstić information content (AvgIpc) is 3.36. The lowest BCUT2D eigenvalue weighted by molar-refractivity contribution is 0.0934. The van der Waals surface area contributed by atoms with Gasteiger partial charge >= 0.3 is 0 Å². The molecule has 0 aliphatic carbocycles. The van der Waals surface area contributed by atoms with Crippen LogP contribution < -0.4 is 21.0 Å². The van der Waals surface area contributed by atoms with Crippen molar-refractivity contribution in [3.63, 3.8) is 0 Å². The maximum Gasteiger partial charge on any atom is 0.281 e. The van der Waals surface area contributed by atoms with Gasteiger partial charge in [0, 0.05) is 18.0 Å². The van der Waals surface area contributed by atoms with Crippen molar-refractivity contribution in [3.05, 3.63) is 93.7 Å². The van der Waals surface area contributed by atoms with Crippen molar-refractivity contribution in [2.24, 2.45) is 5.10 Å². The van der Waals surface area contributed by atoms with Gasteiger partial charge in [-0.05, 0) is 35.2 Å². The summed E-state index contributed by atoms with van der Waals surface area (Å²) < 4.78 is 11.1. The van der Waals surface area contributed by atoms with Gasteiger partial charge in [0.25, 0.3) is 11.8 Å². The predicted molar refractivity (Wildman–Crippen MR) is 118 cm³/mol. The largest absolute Gasteiger partial charge is 0.497 e. The van der Waals surface area contributed by atoms with Gasteiger partial charge in [-0.15, -0.1) is 16.4 Å². The van der Waals surface area contributed by atoms with E-state index in [-0.39, 0.29) is 22.9 Å². The van der Waals surface area contributed by atoms with Gasteiger partial charge in [0.2, 0.25) is 5.55 Å². The van der Waals surface area contributed by atoms with Crippen LogP contribution in [-0.2, 0) is 6.54 Å². The molecule has 0 bridgehead atoms. The first kappa shape index (κ1) is 20.4. The zero-order valence-corrected chi connectivity index (χ0v) is 17.4. The van der Waals surface area contributed by atoms with Gasteiger partial charge in [0.05, 0.1) is 12.0 Å². The number of hydrogen-bond donors (Lipinski definition) is 2. The summed E-state index contributed by atoms with van der Waals surface area (Å²) in [6.45, 7) is 0.349. The molecule has 0 atom stereocenters. The van der Waals surface area contributed by atoms with E-state index < -0.39 is 0 Å². The van der Waals surface area contributed by atoms with Gasteiger partial charge in [-0.25, -0.2) is 5.43 Å². The van der Waals surface area contributed by atoms with E-state index in [4.69, 9.17) is 9.15 Å². The summed E-state index contributed by atoms with van der Waals surface area (Å²) in [5.74, 6) is -0.146. The number of rotatable bonds is 6. The summed E-state index contributed by atoms with van der Waals surface area (Å²) in [4.78, 5) is 25.7. The van der Waals surface area contributed by atoms with Crippen LogP contribution in [-0.4, -0.2) is 18.9 Å². The molecule has 4 rings (SSSR count). The topological polar surface area (TPSA) is 92.9 Å². The summed E-state index contributed by atoms with van der Waals surface area (Å²) in [5.41, 5.74) is 4.10. The van der Waals surface area contributed by atoms with E-state index in [1.54, 1.807) is 48.9 Å². The van der Waals surface area contributed by atoms with E-state index >= 15 is 0 Å². The van der Waals surface area contributed by atoms with Gasteiger partial charge in [-0.3, -0.25) is 9.59 Å². The molecular formula is C23H19N3O4S. The van der Waals surface area contributed by atoms with Crippen molar-refractivity contribution in [1.82, 2.24) is 10.7 Å². The average molecular weight is 433 g/mol. The Morgan fingerprint density at radius 3 is 2.61 bits per heavy atom. The van der Waals surface area contributed by atoms with Gasteiger partial charge in [0.1, 0.15) is 16.9 Å². The molecule has 0 radical (unpaired) electrons. The maximum atomic E-state index is 12.9. The van der Waals surface area contributed by atoms with Gasteiger partial charge in [-0.1, -0.05) is 36.4 Å². The summed E-state index contributed by atoms with van der Waals surface area (Å²) >= 11 is 1.29. The number of hydrogen-bond acceptors (Lipinski definition) is 6. The molecule has 31 heavy (non-hydrogen) atoms. The smallest absolute Gasteiger partial charge is 0.281 e. The van der Waals surface area contributed by atoms with Crippen LogP contribution in [0.3, 0.4) is 0 Å². The van der Waals surface area contributed by atoms with E-state index in [2.05, 4.69) is 15.8 Å². The Morgan fingerprint density at radius 2 is 1.87 bits per heavy atom. The molecule has 0 aliphatic rings. The molecule has 0 unspecified atom stereocenters. The number of methoxy groups -OCH3 is 1. The normalized spacial score (nSPS) is 11.3. The standard InChI is InChI=1S/C23H19N3O4S/c1-29-17-10-9-16-12-18(21(27)24-14-15-6-3-2-4-7-15)23(30-19(16)13-17)26-25-22(28)20-8-5-11-31-20/h2-13H,14H2,1H3,(H,24,27)(H,25,28)/b26-23-. The molecule has 156 valence electrons. The van der Waals surface area contributed by atoms with Crippen LogP contribution in [0.25, 0.3) is 11.0 Å². The Labute approximate surface area is 182 Å². The molecule has 7 nitrogen and oxygen atoms in total. The number of amides is 2. The van der Waals surface area contributed by atoms with Crippen molar-refractivity contribution >= 4 is 34.1 Å². The molecule has 0 saturated carbocycles. The van der Waals surface area contributed by atoms with E-state index in [9.17, 15) is 9.59 Å². The highest BCUT2D eigenvalue weighted by atomic mass is 32.1. The number of carbonyl (C=O) groups excluding carboxylic acids is 2. The first-order chi connectivity index (χ1) is 15.1. The number of benzene rings is 2. The number of nitrogens with one attached hydrogen (secondary N) is 2. The first-order valence-electron chi connectivity index (χ1n) is 9.45. The van der Waals surface area contributed by atoms with Crippen LogP contribution in [0.1, 0.15) is 25.6 Å². The Kier molecular flexibility index (Phi) is 6.09. The lowest BCUT2D eigenvalue weighted by atomic mass is 10.1. The monoisotopic (exact) mass is 433 g/mol. The summed E-state index contributed by atoms with van der Waals surface area (Å²) in [7, 11) is 1.55. The lowest BCUT2D eigenvalue weighted by Crippen LogP contribution is -2.30. The van der Waals surface area contributed by atoms with E-state index in [1.165, 1.54) is 11.3 Å². The van der Waals surface area contributed by atoms with Crippen molar-refractivity contribution in [2.45, 2.75) is 6.54 Å². The molecule has 2 aromatic heterocycles. The molecule has 2 aromatic carbocycles. The SMILES string of the molecule is COc1ccc2cc(C(=O)NCc3ccccc3)/c(=N/NC(=O)c3cccs3)oc2c1. The number of ether oxygens (including phenoxy) is 1. The summed E-state index contributed by atoms with van der Waals surface area (Å²) in [6.07, 6.45) is 0. The second-order valence-electron chi connectivity index (χ2n) is 6.57. The highest BCUT2D eigenvalue weighted by Gasteiger charge is 2.14. The lowest BCUT2D eigenvalue weighted by Gasteiger charge is -2.08. The van der Waals surface area contributed by atoms with Crippen LogP contribution >= 0.6 is 11.3 Å². The maximum absolute atomic E-state index is 12.9. The van der Waals surface area contributed by atoms with Crippen LogP contribution in [0.15, 0.2) is 81.6 Å². The molecule has 4 aromatic rings. The van der Waals surface area contributed by atoms with Crippen molar-refractivity contribution < 1.29 is 18.7 Å². The minimum atomic E-state index is -0.383. The fraction of sp³-hybridized carbons (Fsp3) is 0.0870. The number of nitrogens with zero attached hydrogens (tertiary/aromatic N) is 1. The first-order valence-corrected chi connectivity index (χ1v) is 10.3. The minimum absolute atomic E-state index is 0.00350. The van der Waals surface area contributed by atoms with E-state index in [0.717, 1.165) is 5.56 Å². The van der Waals surface area contributed by atoms with Gasteiger partial charge in [-0.2, -0.15) is 0 Å². The second-order valence-corrected chi connectivity index (χ2v) is 7.51. The van der Waals surface area contributed by atoms with Crippen LogP contribution in [0, 0.1) is 0 Å². The predicted octanol–water partition coefficient (Wildman–Crippen LogP) is 3.68. The molecule has 0 aliphatic heterocycles. The fourth-order valence-electron chi connectivity index (χ4n) is 2.91. The molecule has 2 amide bonds. The third kappa shape index (κ3) is 4.81. The van der Waals surface area contributed by atoms with E-state index in [1.807, 2.05) is 30.3 Å². The molecule has 2 heterocycles. The molecular weight excluding hydrogens is 414 g/mol. The van der Waals surface area contributed by atoms with Gasteiger partial charge < -0.3 is 14.5 Å². The van der Waals surface area contributed by atoms with Crippen molar-refractivity contribution in [2.75, 3.05) is 7.11 Å². The molecule has 0 spiro atoms. The second kappa shape index (κ2) is 9.27. The zero-order valence-electron chi connectivity index (χ0n) is 16.6. The number of carbonyl (C=O) groups is 2. The highest BCUT2D eigenvalue weighted by molar-refractivity contribution is 7.12. The Bertz CT molecular complexity index is 1280. The van der Waals surface area contributed by atoms with Crippen molar-refractivity contribution in [1.29, 1.82) is 0 Å². The molecule has 0 fully saturated rings. The minimum Gasteiger partial charge on any atom is -0.497 e. The highest BCUT2D eigenvalue weighted by Crippen LogP contribution is 2.20. The molecule has 0 saturated heterocycles. The van der Waals surface area contributed by atoms with Crippen LogP contribution in [0.2, 0.25) is 0 Å². The third-order valence-electron chi connectivity index (χ3n) is 4.50. The third-order valence-corrected chi connectivity index (χ3v) is 5.37. The summed E-state index contributed by atoms with van der Waals surface area (Å²) in [6, 6.07) is 20.0. The van der Waals surface area contributed by atoms with Crippen molar-refractivity contribution in [3.8, 4) is 5.75 Å². The summed E-state index contributed by atoms with van der Waals surface area (Å²) in [5, 5.41) is 9.45. The fourth-order valence-corrected chi connectivity index (χ4v) is 3.52. The quantitative estimate of drug-likeness (QED) is 0.454. The Morgan fingerprint density at radius 1 is 1.03 bits per heavy atom. The zero-order chi connectivity index (χ0) is 21.6. The number of thiophene rings is 1. The van der Waals surface area contributed by atoms with Crippen LogP contribution in [0.5, 0.6) is 5.75 Å². The van der Waals surface area contributed by atoms with Gasteiger partial charge in [0.15, 0.2) is 0 Å². The Balaban J connectivity index is 1.68. The Hall–Kier alpha value is -3.91. The number of fused-ring (bicyclic) bond motifs is 1. The molecule has 8 heteroatoms. The van der Waals surface area contributed by atoms with Crippen LogP contribution in [0.4, 0.5) is 0 Å².